The van der Waals surface area contributed by atoms with Crippen LogP contribution in [-0.2, 0) is 11.3 Å². The number of carbonyl (C=O) groups is 1. The molecule has 0 aromatic carbocycles. The van der Waals surface area contributed by atoms with Crippen molar-refractivity contribution >= 4 is 17.3 Å². The number of carboxylic acids is 1. The third kappa shape index (κ3) is 2.33. The van der Waals surface area contributed by atoms with Crippen LogP contribution in [0.15, 0.2) is 11.4 Å². The zero-order chi connectivity index (χ0) is 9.97. The van der Waals surface area contributed by atoms with Gasteiger partial charge in [0.25, 0.3) is 0 Å². The van der Waals surface area contributed by atoms with Gasteiger partial charge in [0.15, 0.2) is 0 Å². The molecule has 3 nitrogen and oxygen atoms in total. The highest BCUT2D eigenvalue weighted by atomic mass is 32.1. The van der Waals surface area contributed by atoms with Crippen LogP contribution >= 0.6 is 11.3 Å². The van der Waals surface area contributed by atoms with Crippen LogP contribution in [0.4, 0.5) is 0 Å². The van der Waals surface area contributed by atoms with Gasteiger partial charge in [-0.05, 0) is 30.2 Å². The number of ether oxygens (including phenoxy) is 1. The first kappa shape index (κ1) is 9.68. The molecule has 76 valence electrons. The van der Waals surface area contributed by atoms with Crippen LogP contribution in [0.5, 0.6) is 0 Å². The van der Waals surface area contributed by atoms with E-state index in [-0.39, 0.29) is 0 Å². The molecule has 1 aliphatic carbocycles. The molecule has 0 unspecified atom stereocenters. The zero-order valence-electron chi connectivity index (χ0n) is 7.73. The quantitative estimate of drug-likeness (QED) is 0.815. The van der Waals surface area contributed by atoms with Crippen molar-refractivity contribution < 1.29 is 14.6 Å². The van der Waals surface area contributed by atoms with Gasteiger partial charge in [0.05, 0.1) is 6.61 Å². The molecule has 0 saturated heterocycles. The van der Waals surface area contributed by atoms with Gasteiger partial charge in [-0.15, -0.1) is 11.3 Å². The van der Waals surface area contributed by atoms with Crippen molar-refractivity contribution in [2.75, 3.05) is 6.61 Å². The van der Waals surface area contributed by atoms with E-state index in [0.29, 0.717) is 11.5 Å². The molecule has 1 aliphatic rings. The molecule has 1 heterocycles. The van der Waals surface area contributed by atoms with Crippen molar-refractivity contribution in [2.45, 2.75) is 19.4 Å². The molecule has 0 bridgehead atoms. The van der Waals surface area contributed by atoms with Crippen LogP contribution in [0.2, 0.25) is 0 Å². The number of hydrogen-bond acceptors (Lipinski definition) is 3. The van der Waals surface area contributed by atoms with Crippen molar-refractivity contribution in [2.24, 2.45) is 5.92 Å². The second-order valence-electron chi connectivity index (χ2n) is 3.54. The maximum absolute atomic E-state index is 10.7. The van der Waals surface area contributed by atoms with E-state index in [9.17, 15) is 4.79 Å². The monoisotopic (exact) mass is 212 g/mol. The zero-order valence-corrected chi connectivity index (χ0v) is 8.55. The lowest BCUT2D eigenvalue weighted by molar-refractivity contribution is 0.0692. The Balaban J connectivity index is 1.87. The van der Waals surface area contributed by atoms with E-state index in [4.69, 9.17) is 9.84 Å². The lowest BCUT2D eigenvalue weighted by atomic mass is 10.3. The van der Waals surface area contributed by atoms with Gasteiger partial charge in [0.2, 0.25) is 0 Å². The Hall–Kier alpha value is -0.870. The van der Waals surface area contributed by atoms with Gasteiger partial charge in [-0.3, -0.25) is 0 Å². The highest BCUT2D eigenvalue weighted by Crippen LogP contribution is 2.29. The molecule has 2 rings (SSSR count). The number of carboxylic acid groups (broad SMARTS) is 1. The first-order chi connectivity index (χ1) is 6.77. The first-order valence-electron chi connectivity index (χ1n) is 4.65. The summed E-state index contributed by atoms with van der Waals surface area (Å²) in [5.74, 6) is -0.132. The fourth-order valence-electron chi connectivity index (χ4n) is 1.26. The minimum Gasteiger partial charge on any atom is -0.477 e. The maximum Gasteiger partial charge on any atom is 0.346 e. The maximum atomic E-state index is 10.7. The van der Waals surface area contributed by atoms with E-state index in [1.54, 1.807) is 5.38 Å². The molecule has 0 spiro atoms. The van der Waals surface area contributed by atoms with Crippen molar-refractivity contribution in [1.29, 1.82) is 0 Å². The largest absolute Gasteiger partial charge is 0.477 e. The van der Waals surface area contributed by atoms with E-state index >= 15 is 0 Å². The Morgan fingerprint density at radius 3 is 3.07 bits per heavy atom. The average molecular weight is 212 g/mol. The number of hydrogen-bond donors (Lipinski definition) is 1. The summed E-state index contributed by atoms with van der Waals surface area (Å²) in [6.45, 7) is 1.20. The molecule has 1 fully saturated rings. The predicted molar refractivity (Wildman–Crippen MR) is 53.7 cm³/mol. The fraction of sp³-hybridized carbons (Fsp3) is 0.500. The van der Waals surface area contributed by atoms with Gasteiger partial charge in [0, 0.05) is 12.2 Å². The van der Waals surface area contributed by atoms with Crippen molar-refractivity contribution in [3.05, 3.63) is 21.9 Å². The van der Waals surface area contributed by atoms with Gasteiger partial charge in [-0.2, -0.15) is 0 Å². The van der Waals surface area contributed by atoms with Crippen LogP contribution in [-0.4, -0.2) is 17.7 Å². The summed E-state index contributed by atoms with van der Waals surface area (Å²) in [7, 11) is 0. The van der Waals surface area contributed by atoms with Crippen molar-refractivity contribution in [3.8, 4) is 0 Å². The minimum atomic E-state index is -0.856. The molecule has 1 aromatic rings. The van der Waals surface area contributed by atoms with Crippen LogP contribution in [0, 0.1) is 5.92 Å². The number of thiophene rings is 1. The summed E-state index contributed by atoms with van der Waals surface area (Å²) in [5, 5.41) is 10.6. The lowest BCUT2D eigenvalue weighted by Crippen LogP contribution is -2.01. The van der Waals surface area contributed by atoms with Crippen LogP contribution in [0.3, 0.4) is 0 Å². The molecule has 4 heteroatoms. The Kier molecular flexibility index (Phi) is 2.84. The van der Waals surface area contributed by atoms with E-state index in [1.165, 1.54) is 24.2 Å². The molecule has 1 saturated carbocycles. The Morgan fingerprint density at radius 2 is 2.43 bits per heavy atom. The van der Waals surface area contributed by atoms with Crippen molar-refractivity contribution in [1.82, 2.24) is 0 Å². The fourth-order valence-corrected chi connectivity index (χ4v) is 2.00. The topological polar surface area (TPSA) is 46.5 Å². The molecule has 0 atom stereocenters. The molecular formula is C10H12O3S. The Labute approximate surface area is 86.3 Å². The smallest absolute Gasteiger partial charge is 0.346 e. The van der Waals surface area contributed by atoms with Gasteiger partial charge >= 0.3 is 5.97 Å². The molecule has 1 aromatic heterocycles. The van der Waals surface area contributed by atoms with Gasteiger partial charge in [0.1, 0.15) is 4.88 Å². The standard InChI is InChI=1S/C10H12O3S/c11-10(12)9-8(3-4-14-9)6-13-5-7-1-2-7/h3-4,7H,1-2,5-6H2,(H,11,12). The summed E-state index contributed by atoms with van der Waals surface area (Å²) in [6.07, 6.45) is 2.52. The van der Waals surface area contributed by atoms with Crippen LogP contribution < -0.4 is 0 Å². The van der Waals surface area contributed by atoms with Gasteiger partial charge in [-0.1, -0.05) is 0 Å². The molecule has 0 aliphatic heterocycles. The second kappa shape index (κ2) is 4.11. The Morgan fingerprint density at radius 1 is 1.64 bits per heavy atom. The molecule has 0 radical (unpaired) electrons. The normalized spacial score (nSPS) is 15.7. The second-order valence-corrected chi connectivity index (χ2v) is 4.45. The lowest BCUT2D eigenvalue weighted by Gasteiger charge is -2.01. The van der Waals surface area contributed by atoms with Crippen LogP contribution in [0.1, 0.15) is 28.1 Å². The summed E-state index contributed by atoms with van der Waals surface area (Å²) in [5.41, 5.74) is 0.795. The summed E-state index contributed by atoms with van der Waals surface area (Å²) < 4.78 is 5.44. The highest BCUT2D eigenvalue weighted by molar-refractivity contribution is 7.12. The van der Waals surface area contributed by atoms with Crippen molar-refractivity contribution in [3.63, 3.8) is 0 Å². The molecular weight excluding hydrogens is 200 g/mol. The highest BCUT2D eigenvalue weighted by Gasteiger charge is 2.21. The van der Waals surface area contributed by atoms with E-state index in [0.717, 1.165) is 18.1 Å². The van der Waals surface area contributed by atoms with E-state index in [1.807, 2.05) is 6.07 Å². The van der Waals surface area contributed by atoms with E-state index in [2.05, 4.69) is 0 Å². The van der Waals surface area contributed by atoms with Gasteiger partial charge < -0.3 is 9.84 Å². The third-order valence-corrected chi connectivity index (χ3v) is 3.19. The van der Waals surface area contributed by atoms with E-state index < -0.39 is 5.97 Å². The van der Waals surface area contributed by atoms with Gasteiger partial charge in [-0.25, -0.2) is 4.79 Å². The summed E-state index contributed by atoms with van der Waals surface area (Å²) >= 11 is 1.25. The first-order valence-corrected chi connectivity index (χ1v) is 5.52. The number of aromatic carboxylic acids is 1. The van der Waals surface area contributed by atoms with Crippen LogP contribution in [0.25, 0.3) is 0 Å². The summed E-state index contributed by atoms with van der Waals surface area (Å²) in [4.78, 5) is 11.2. The molecule has 1 N–H and O–H groups in total. The minimum absolute atomic E-state index is 0.404. The average Bonchev–Trinajstić information content (AvgIpc) is 2.82. The predicted octanol–water partition coefficient (Wildman–Crippen LogP) is 2.37. The molecule has 14 heavy (non-hydrogen) atoms. The molecule has 0 amide bonds. The third-order valence-electron chi connectivity index (χ3n) is 2.25. The SMILES string of the molecule is O=C(O)c1sccc1COCC1CC1. The Bertz CT molecular complexity index is 328. The summed E-state index contributed by atoms with van der Waals surface area (Å²) in [6, 6.07) is 1.82. The number of rotatable bonds is 5.